The van der Waals surface area contributed by atoms with Crippen LogP contribution in [0.15, 0.2) is 55.2 Å². The maximum absolute atomic E-state index is 12.4. The summed E-state index contributed by atoms with van der Waals surface area (Å²) in [6, 6.07) is 9.91. The van der Waals surface area contributed by atoms with Crippen LogP contribution in [0.1, 0.15) is 11.1 Å². The normalized spacial score (nSPS) is 10.6. The molecule has 140 valence electrons. The van der Waals surface area contributed by atoms with Crippen LogP contribution in [0.5, 0.6) is 5.75 Å². The maximum Gasteiger partial charge on any atom is 0.242 e. The number of aryl methyl sites for hydroxylation is 2. The fourth-order valence-corrected chi connectivity index (χ4v) is 2.83. The van der Waals surface area contributed by atoms with Gasteiger partial charge in [-0.25, -0.2) is 4.98 Å². The molecule has 0 atom stereocenters. The van der Waals surface area contributed by atoms with E-state index in [0.29, 0.717) is 13.2 Å². The number of rotatable bonds is 7. The molecule has 0 bridgehead atoms. The summed E-state index contributed by atoms with van der Waals surface area (Å²) in [5.74, 6) is 0.846. The summed E-state index contributed by atoms with van der Waals surface area (Å²) >= 11 is 0. The molecule has 6 nitrogen and oxygen atoms in total. The quantitative estimate of drug-likeness (QED) is 0.646. The number of hydrogen-bond donors (Lipinski definition) is 0. The molecule has 0 unspecified atom stereocenters. The van der Waals surface area contributed by atoms with Crippen molar-refractivity contribution >= 4 is 5.91 Å². The summed E-state index contributed by atoms with van der Waals surface area (Å²) in [6.45, 7) is 5.31. The van der Waals surface area contributed by atoms with Gasteiger partial charge < -0.3 is 14.2 Å². The lowest BCUT2D eigenvalue weighted by atomic mass is 10.1. The van der Waals surface area contributed by atoms with Gasteiger partial charge in [0.2, 0.25) is 5.91 Å². The van der Waals surface area contributed by atoms with Crippen LogP contribution in [0, 0.1) is 13.8 Å². The van der Waals surface area contributed by atoms with E-state index in [1.54, 1.807) is 35.2 Å². The highest BCUT2D eigenvalue weighted by molar-refractivity contribution is 5.75. The number of carbonyl (C=O) groups excluding carboxylic acids is 1. The van der Waals surface area contributed by atoms with E-state index in [1.165, 1.54) is 11.1 Å². The third-order valence-electron chi connectivity index (χ3n) is 4.22. The molecule has 1 aromatic carbocycles. The Kier molecular flexibility index (Phi) is 5.86. The summed E-state index contributed by atoms with van der Waals surface area (Å²) in [6.07, 6.45) is 7.00. The van der Waals surface area contributed by atoms with Gasteiger partial charge in [-0.05, 0) is 49.2 Å². The van der Waals surface area contributed by atoms with Gasteiger partial charge in [0, 0.05) is 31.2 Å². The number of likely N-dealkylation sites (N-methyl/N-ethyl adjacent to an activating group) is 1. The molecule has 0 aliphatic carbocycles. The molecule has 0 aliphatic rings. The summed E-state index contributed by atoms with van der Waals surface area (Å²) in [5, 5.41) is 0. The summed E-state index contributed by atoms with van der Waals surface area (Å²) in [4.78, 5) is 22.5. The number of carbonyl (C=O) groups is 1. The largest absolute Gasteiger partial charge is 0.492 e. The molecule has 0 aliphatic heterocycles. The Balaban J connectivity index is 1.50. The number of benzene rings is 1. The molecule has 2 heterocycles. The summed E-state index contributed by atoms with van der Waals surface area (Å²) < 4.78 is 7.56. The molecule has 0 saturated heterocycles. The second-order valence-corrected chi connectivity index (χ2v) is 6.66. The van der Waals surface area contributed by atoms with Crippen LogP contribution in [-0.2, 0) is 11.3 Å². The average Bonchev–Trinajstić information content (AvgIpc) is 3.10. The standard InChI is InChI=1S/C21H24N4O2/c1-16-9-17(2)11-19(10-16)27-8-7-24(3)21(26)14-25-13-20(23-15-25)18-5-4-6-22-12-18/h4-6,9-13,15H,7-8,14H2,1-3H3. The molecule has 3 rings (SSSR count). The zero-order chi connectivity index (χ0) is 19.2. The number of ether oxygens (including phenoxy) is 1. The number of nitrogens with zero attached hydrogens (tertiary/aromatic N) is 4. The van der Waals surface area contributed by atoms with Crippen LogP contribution in [-0.4, -0.2) is 45.5 Å². The summed E-state index contributed by atoms with van der Waals surface area (Å²) in [5.41, 5.74) is 4.06. The van der Waals surface area contributed by atoms with Gasteiger partial charge in [0.25, 0.3) is 0 Å². The Morgan fingerprint density at radius 1 is 1.22 bits per heavy atom. The highest BCUT2D eigenvalue weighted by Crippen LogP contribution is 2.16. The van der Waals surface area contributed by atoms with Crippen molar-refractivity contribution in [2.45, 2.75) is 20.4 Å². The molecule has 0 saturated carbocycles. The van der Waals surface area contributed by atoms with E-state index in [4.69, 9.17) is 4.74 Å². The van der Waals surface area contributed by atoms with Gasteiger partial charge in [-0.2, -0.15) is 0 Å². The first-order valence-corrected chi connectivity index (χ1v) is 8.88. The summed E-state index contributed by atoms with van der Waals surface area (Å²) in [7, 11) is 1.78. The van der Waals surface area contributed by atoms with Crippen LogP contribution >= 0.6 is 0 Å². The van der Waals surface area contributed by atoms with Gasteiger partial charge in [-0.3, -0.25) is 9.78 Å². The second-order valence-electron chi connectivity index (χ2n) is 6.66. The predicted molar refractivity (Wildman–Crippen MR) is 105 cm³/mol. The van der Waals surface area contributed by atoms with E-state index in [1.807, 2.05) is 44.3 Å². The first-order valence-electron chi connectivity index (χ1n) is 8.88. The predicted octanol–water partition coefficient (Wildman–Crippen LogP) is 3.10. The lowest BCUT2D eigenvalue weighted by molar-refractivity contribution is -0.130. The molecule has 27 heavy (non-hydrogen) atoms. The zero-order valence-corrected chi connectivity index (χ0v) is 15.9. The Morgan fingerprint density at radius 3 is 2.70 bits per heavy atom. The molecule has 2 aromatic heterocycles. The lowest BCUT2D eigenvalue weighted by Crippen LogP contribution is -2.33. The van der Waals surface area contributed by atoms with E-state index in [2.05, 4.69) is 16.0 Å². The first-order chi connectivity index (χ1) is 13.0. The zero-order valence-electron chi connectivity index (χ0n) is 15.9. The van der Waals surface area contributed by atoms with Crippen LogP contribution < -0.4 is 4.74 Å². The van der Waals surface area contributed by atoms with Gasteiger partial charge in [-0.15, -0.1) is 0 Å². The minimum absolute atomic E-state index is 0.00848. The van der Waals surface area contributed by atoms with Crippen molar-refractivity contribution in [2.75, 3.05) is 20.2 Å². The minimum atomic E-state index is 0.00848. The molecule has 0 spiro atoms. The van der Waals surface area contributed by atoms with Crippen LogP contribution in [0.2, 0.25) is 0 Å². The number of pyridine rings is 1. The van der Waals surface area contributed by atoms with Crippen LogP contribution in [0.25, 0.3) is 11.3 Å². The SMILES string of the molecule is Cc1cc(C)cc(OCCN(C)C(=O)Cn2cnc(-c3cccnc3)c2)c1. The van der Waals surface area contributed by atoms with Crippen molar-refractivity contribution < 1.29 is 9.53 Å². The minimum Gasteiger partial charge on any atom is -0.492 e. The fourth-order valence-electron chi connectivity index (χ4n) is 2.83. The topological polar surface area (TPSA) is 60.2 Å². The highest BCUT2D eigenvalue weighted by atomic mass is 16.5. The Labute approximate surface area is 159 Å². The molecular formula is C21H24N4O2. The molecule has 0 N–H and O–H groups in total. The van der Waals surface area contributed by atoms with E-state index >= 15 is 0 Å². The third-order valence-corrected chi connectivity index (χ3v) is 4.22. The Morgan fingerprint density at radius 2 is 2.00 bits per heavy atom. The molecule has 0 radical (unpaired) electrons. The first kappa shape index (κ1) is 18.6. The van der Waals surface area contributed by atoms with Crippen molar-refractivity contribution in [1.29, 1.82) is 0 Å². The lowest BCUT2D eigenvalue weighted by Gasteiger charge is -2.18. The smallest absolute Gasteiger partial charge is 0.242 e. The van der Waals surface area contributed by atoms with Crippen molar-refractivity contribution in [3.8, 4) is 17.0 Å². The molecule has 0 fully saturated rings. The number of imidazole rings is 1. The van der Waals surface area contributed by atoms with Crippen LogP contribution in [0.4, 0.5) is 0 Å². The average molecular weight is 364 g/mol. The molecule has 3 aromatic rings. The number of amides is 1. The molecular weight excluding hydrogens is 340 g/mol. The van der Waals surface area contributed by atoms with E-state index in [9.17, 15) is 4.79 Å². The van der Waals surface area contributed by atoms with Crippen molar-refractivity contribution in [3.05, 3.63) is 66.4 Å². The van der Waals surface area contributed by atoms with E-state index < -0.39 is 0 Å². The third kappa shape index (κ3) is 5.17. The van der Waals surface area contributed by atoms with Gasteiger partial charge in [0.15, 0.2) is 0 Å². The molecule has 6 heteroatoms. The van der Waals surface area contributed by atoms with E-state index in [0.717, 1.165) is 17.0 Å². The second kappa shape index (κ2) is 8.49. The van der Waals surface area contributed by atoms with Gasteiger partial charge in [-0.1, -0.05) is 6.07 Å². The maximum atomic E-state index is 12.4. The van der Waals surface area contributed by atoms with Crippen molar-refractivity contribution in [3.63, 3.8) is 0 Å². The molecule has 1 amide bonds. The fraction of sp³-hybridized carbons (Fsp3) is 0.286. The van der Waals surface area contributed by atoms with E-state index in [-0.39, 0.29) is 12.5 Å². The highest BCUT2D eigenvalue weighted by Gasteiger charge is 2.11. The van der Waals surface area contributed by atoms with Crippen molar-refractivity contribution in [2.24, 2.45) is 0 Å². The van der Waals surface area contributed by atoms with Crippen LogP contribution in [0.3, 0.4) is 0 Å². The Bertz CT molecular complexity index is 885. The van der Waals surface area contributed by atoms with Gasteiger partial charge in [0.05, 0.1) is 18.6 Å². The van der Waals surface area contributed by atoms with Gasteiger partial charge >= 0.3 is 0 Å². The number of aromatic nitrogens is 3. The Hall–Kier alpha value is -3.15. The number of hydrogen-bond acceptors (Lipinski definition) is 4. The monoisotopic (exact) mass is 364 g/mol. The van der Waals surface area contributed by atoms with Crippen molar-refractivity contribution in [1.82, 2.24) is 19.4 Å². The van der Waals surface area contributed by atoms with Gasteiger partial charge in [0.1, 0.15) is 18.9 Å².